The van der Waals surface area contributed by atoms with Crippen LogP contribution in [0.1, 0.15) is 0 Å². The Kier molecular flexibility index (Phi) is 9.78. The first kappa shape index (κ1) is 34.1. The van der Waals surface area contributed by atoms with Gasteiger partial charge in [0.25, 0.3) is 0 Å². The van der Waals surface area contributed by atoms with Crippen LogP contribution >= 0.6 is 0 Å². The van der Waals surface area contributed by atoms with Gasteiger partial charge in [0.05, 0.1) is 20.8 Å². The van der Waals surface area contributed by atoms with Gasteiger partial charge >= 0.3 is 5.97 Å². The van der Waals surface area contributed by atoms with Crippen LogP contribution in [0, 0.1) is 0 Å². The molecule has 1 aromatic heterocycles. The molecule has 18 nitrogen and oxygen atoms in total. The third-order valence-electron chi connectivity index (χ3n) is 7.71. The van der Waals surface area contributed by atoms with Gasteiger partial charge in [-0.15, -0.1) is 0 Å². The quantitative estimate of drug-likeness (QED) is 0.115. The summed E-state index contributed by atoms with van der Waals surface area (Å²) in [6.45, 7) is -0.803. The highest BCUT2D eigenvalue weighted by molar-refractivity contribution is 5.88. The van der Waals surface area contributed by atoms with Gasteiger partial charge in [-0.3, -0.25) is 4.79 Å². The van der Waals surface area contributed by atoms with E-state index in [9.17, 15) is 55.5 Å². The Bertz CT molecular complexity index is 1670. The molecule has 0 spiro atoms. The van der Waals surface area contributed by atoms with Crippen LogP contribution in [-0.4, -0.2) is 134 Å². The first-order valence-corrected chi connectivity index (χ1v) is 13.9. The molecule has 3 heterocycles. The average Bonchev–Trinajstić information content (AvgIpc) is 3.06. The maximum absolute atomic E-state index is 13.6. The van der Waals surface area contributed by atoms with Gasteiger partial charge in [-0.05, 0) is 18.2 Å². The zero-order valence-electron chi connectivity index (χ0n) is 24.6. The van der Waals surface area contributed by atoms with E-state index in [1.54, 1.807) is 0 Å². The molecule has 9 N–H and O–H groups in total. The molecule has 0 unspecified atom stereocenters. The van der Waals surface area contributed by atoms with Gasteiger partial charge in [0.1, 0.15) is 65.2 Å². The van der Waals surface area contributed by atoms with E-state index in [0.29, 0.717) is 5.75 Å². The van der Waals surface area contributed by atoms with Crippen LogP contribution in [0.15, 0.2) is 39.5 Å². The van der Waals surface area contributed by atoms with Crippen molar-refractivity contribution in [1.29, 1.82) is 0 Å². The molecule has 18 heteroatoms. The summed E-state index contributed by atoms with van der Waals surface area (Å²) in [6.07, 6.45) is -18.7. The topological polar surface area (TPSA) is 285 Å². The van der Waals surface area contributed by atoms with Crippen molar-refractivity contribution in [3.8, 4) is 40.1 Å². The van der Waals surface area contributed by atoms with Gasteiger partial charge in [0.2, 0.25) is 23.8 Å². The summed E-state index contributed by atoms with van der Waals surface area (Å²) in [5.74, 6) is -3.28. The number of rotatable bonds is 9. The predicted molar refractivity (Wildman–Crippen MR) is 152 cm³/mol. The lowest BCUT2D eigenvalue weighted by Gasteiger charge is -2.39. The maximum atomic E-state index is 13.6. The summed E-state index contributed by atoms with van der Waals surface area (Å²) in [6, 6.07) is 6.37. The molecule has 2 saturated heterocycles. The minimum Gasteiger partial charge on any atom is -0.502 e. The second-order valence-corrected chi connectivity index (χ2v) is 10.6. The Hall–Kier alpha value is -4.24. The number of ether oxygens (including phenoxy) is 6. The zero-order valence-corrected chi connectivity index (χ0v) is 24.6. The monoisotopic (exact) mass is 668 g/mol. The summed E-state index contributed by atoms with van der Waals surface area (Å²) in [5.41, 5.74) is -1.27. The number of hydrogen-bond acceptors (Lipinski definition) is 17. The minimum atomic E-state index is -2.02. The number of carboxylic acids is 1. The van der Waals surface area contributed by atoms with Crippen molar-refractivity contribution in [2.75, 3.05) is 20.8 Å². The highest BCUT2D eigenvalue weighted by Gasteiger charge is 2.48. The van der Waals surface area contributed by atoms with E-state index in [-0.39, 0.29) is 28.4 Å². The molecule has 47 heavy (non-hydrogen) atoms. The summed E-state index contributed by atoms with van der Waals surface area (Å²) in [5, 5.41) is 91.2. The molecule has 2 aliphatic heterocycles. The van der Waals surface area contributed by atoms with Crippen LogP contribution < -0.4 is 24.4 Å². The van der Waals surface area contributed by atoms with Crippen molar-refractivity contribution in [2.45, 2.75) is 61.4 Å². The fourth-order valence-electron chi connectivity index (χ4n) is 5.16. The number of carboxylic acid groups (broad SMARTS) is 1. The number of benzene rings is 2. The number of aliphatic carboxylic acids is 1. The van der Waals surface area contributed by atoms with Gasteiger partial charge in [0, 0.05) is 17.7 Å². The lowest BCUT2D eigenvalue weighted by atomic mass is 9.99. The molecule has 2 aliphatic rings. The molecular weight excluding hydrogens is 636 g/mol. The molecule has 0 saturated carbocycles. The second kappa shape index (κ2) is 13.5. The van der Waals surface area contributed by atoms with Crippen molar-refractivity contribution in [1.82, 2.24) is 0 Å². The van der Waals surface area contributed by atoms with Gasteiger partial charge < -0.3 is 78.8 Å². The molecule has 0 bridgehead atoms. The lowest BCUT2D eigenvalue weighted by molar-refractivity contribution is -0.277. The Balaban J connectivity index is 1.64. The zero-order chi connectivity index (χ0) is 34.3. The number of aliphatic hydroxyl groups excluding tert-OH is 7. The molecule has 3 aromatic rings. The Labute approximate surface area is 263 Å². The predicted octanol–water partition coefficient (Wildman–Crippen LogP) is -2.37. The molecule has 2 fully saturated rings. The molecule has 0 amide bonds. The van der Waals surface area contributed by atoms with Crippen molar-refractivity contribution < 1.29 is 83.6 Å². The number of aromatic hydroxyl groups is 1. The number of aliphatic hydroxyl groups is 7. The third kappa shape index (κ3) is 6.25. The Morgan fingerprint density at radius 3 is 2.04 bits per heavy atom. The summed E-state index contributed by atoms with van der Waals surface area (Å²) >= 11 is 0. The first-order valence-electron chi connectivity index (χ1n) is 13.9. The first-order chi connectivity index (χ1) is 22.3. The lowest BCUT2D eigenvalue weighted by Crippen LogP contribution is -2.61. The third-order valence-corrected chi connectivity index (χ3v) is 7.71. The van der Waals surface area contributed by atoms with E-state index < -0.39 is 96.3 Å². The summed E-state index contributed by atoms with van der Waals surface area (Å²) in [4.78, 5) is 25.2. The van der Waals surface area contributed by atoms with Gasteiger partial charge in [-0.1, -0.05) is 0 Å². The largest absolute Gasteiger partial charge is 0.502 e. The average molecular weight is 669 g/mol. The van der Waals surface area contributed by atoms with Crippen LogP contribution in [0.2, 0.25) is 0 Å². The molecule has 5 rings (SSSR count). The second-order valence-electron chi connectivity index (χ2n) is 10.6. The van der Waals surface area contributed by atoms with E-state index in [2.05, 4.69) is 0 Å². The van der Waals surface area contributed by atoms with Crippen molar-refractivity contribution in [3.63, 3.8) is 0 Å². The number of methoxy groups -OCH3 is 2. The van der Waals surface area contributed by atoms with Crippen LogP contribution in [0.5, 0.6) is 28.7 Å². The fourth-order valence-corrected chi connectivity index (χ4v) is 5.16. The number of carbonyl (C=O) groups is 1. The minimum absolute atomic E-state index is 0.148. The molecule has 2 aromatic carbocycles. The smallest absolute Gasteiger partial charge is 0.335 e. The van der Waals surface area contributed by atoms with Gasteiger partial charge in [-0.2, -0.15) is 0 Å². The van der Waals surface area contributed by atoms with Crippen molar-refractivity contribution >= 4 is 16.9 Å². The Morgan fingerprint density at radius 2 is 1.43 bits per heavy atom. The van der Waals surface area contributed by atoms with Gasteiger partial charge in [-0.25, -0.2) is 4.79 Å². The van der Waals surface area contributed by atoms with E-state index in [4.69, 9.17) is 32.8 Å². The summed E-state index contributed by atoms with van der Waals surface area (Å²) in [7, 11) is 2.76. The van der Waals surface area contributed by atoms with E-state index in [1.165, 1.54) is 32.4 Å². The van der Waals surface area contributed by atoms with Crippen molar-refractivity contribution in [3.05, 3.63) is 40.6 Å². The van der Waals surface area contributed by atoms with E-state index in [1.807, 2.05) is 0 Å². The molecule has 0 aliphatic carbocycles. The highest BCUT2D eigenvalue weighted by atomic mass is 16.7. The van der Waals surface area contributed by atoms with Gasteiger partial charge in [0.15, 0.2) is 23.4 Å². The standard InChI is InChI=1S/C29H32O18/c1-41-11-4-3-9(5-12(11)42-2)25-21(35)18(32)16-13(44-25)6-10(43-28-24(38)20(34)22(36)26(47-28)27(39)40)7-14(16)45-29-23(37)19(33)17(31)15(8-30)46-29/h3-7,15,17,19-20,22-24,26,28-31,33-38H,8H2,1-2H3,(H,39,40)/t15-,17-,19+,20+,22+,23-,24-,26+,28-,29-/m1/s1. The normalized spacial score (nSPS) is 30.9. The van der Waals surface area contributed by atoms with Crippen LogP contribution in [0.4, 0.5) is 0 Å². The van der Waals surface area contributed by atoms with Crippen molar-refractivity contribution in [2.24, 2.45) is 0 Å². The SMILES string of the molecule is COc1ccc(-c2oc3cc(O[C@@H]4O[C@H](C(=O)O)[C@@H](O)[C@H](O)[C@H]4O)cc(O[C@@H]4O[C@H](CO)[C@@H](O)[C@H](O)[C@H]4O)c3c(=O)c2O)cc1OC. The van der Waals surface area contributed by atoms with Crippen LogP contribution in [0.3, 0.4) is 0 Å². The molecular formula is C29H32O18. The van der Waals surface area contributed by atoms with Crippen LogP contribution in [-0.2, 0) is 14.3 Å². The van der Waals surface area contributed by atoms with E-state index in [0.717, 1.165) is 12.1 Å². The van der Waals surface area contributed by atoms with E-state index >= 15 is 0 Å². The molecule has 0 radical (unpaired) electrons. The highest BCUT2D eigenvalue weighted by Crippen LogP contribution is 2.40. The fraction of sp³-hybridized carbons (Fsp3) is 0.448. The number of fused-ring (bicyclic) bond motifs is 1. The number of hydrogen-bond donors (Lipinski definition) is 9. The van der Waals surface area contributed by atoms with Crippen LogP contribution in [0.25, 0.3) is 22.3 Å². The molecule has 256 valence electrons. The maximum Gasteiger partial charge on any atom is 0.335 e. The summed E-state index contributed by atoms with van der Waals surface area (Å²) < 4.78 is 38.3. The molecule has 10 atom stereocenters. The Morgan fingerprint density at radius 1 is 0.787 bits per heavy atom.